The summed E-state index contributed by atoms with van der Waals surface area (Å²) in [6, 6.07) is 10.6. The van der Waals surface area contributed by atoms with Crippen LogP contribution in [0.5, 0.6) is 0 Å². The lowest BCUT2D eigenvalue weighted by atomic mass is 9.95. The smallest absolute Gasteiger partial charge is 0.0452 e. The second-order valence-corrected chi connectivity index (χ2v) is 3.53. The number of benzene rings is 1. The first-order chi connectivity index (χ1) is 6.47. The Labute approximate surface area is 80.0 Å². The summed E-state index contributed by atoms with van der Waals surface area (Å²) >= 11 is 0. The quantitative estimate of drug-likeness (QED) is 0.567. The summed E-state index contributed by atoms with van der Waals surface area (Å²) in [7, 11) is 0. The van der Waals surface area contributed by atoms with Gasteiger partial charge in [-0.25, -0.2) is 0 Å². The molecule has 0 saturated heterocycles. The largest absolute Gasteiger partial charge is 0.103 e. The van der Waals surface area contributed by atoms with Crippen molar-refractivity contribution >= 4 is 0 Å². The Bertz CT molecular complexity index is 313. The molecule has 0 aliphatic heterocycles. The molecule has 0 saturated carbocycles. The van der Waals surface area contributed by atoms with Crippen molar-refractivity contribution in [2.24, 2.45) is 0 Å². The summed E-state index contributed by atoms with van der Waals surface area (Å²) in [6.45, 7) is 0. The van der Waals surface area contributed by atoms with Gasteiger partial charge in [0.2, 0.25) is 0 Å². The predicted octanol–water partition coefficient (Wildman–Crippen LogP) is 3.35. The van der Waals surface area contributed by atoms with Crippen molar-refractivity contribution < 1.29 is 0 Å². The van der Waals surface area contributed by atoms with Crippen molar-refractivity contribution in [2.75, 3.05) is 0 Å². The topological polar surface area (TPSA) is 0 Å². The van der Waals surface area contributed by atoms with Crippen molar-refractivity contribution in [3.8, 4) is 11.8 Å². The van der Waals surface area contributed by atoms with Crippen LogP contribution in [-0.4, -0.2) is 0 Å². The van der Waals surface area contributed by atoms with Gasteiger partial charge in [0.1, 0.15) is 0 Å². The zero-order valence-electron chi connectivity index (χ0n) is 7.79. The molecule has 1 aromatic rings. The van der Waals surface area contributed by atoms with Crippen LogP contribution in [0.1, 0.15) is 37.2 Å². The molecule has 0 heterocycles. The summed E-state index contributed by atoms with van der Waals surface area (Å²) in [5.41, 5.74) is 1.39. The summed E-state index contributed by atoms with van der Waals surface area (Å²) < 4.78 is 0. The molecule has 0 N–H and O–H groups in total. The van der Waals surface area contributed by atoms with Crippen LogP contribution < -0.4 is 0 Å². The van der Waals surface area contributed by atoms with Gasteiger partial charge in [-0.3, -0.25) is 0 Å². The number of rotatable bonds is 1. The highest BCUT2D eigenvalue weighted by Crippen LogP contribution is 2.23. The summed E-state index contributed by atoms with van der Waals surface area (Å²) in [6.07, 6.45) is 4.90. The Balaban J connectivity index is 2.18. The van der Waals surface area contributed by atoms with E-state index in [1.165, 1.54) is 24.8 Å². The predicted molar refractivity (Wildman–Crippen MR) is 55.4 cm³/mol. The zero-order valence-corrected chi connectivity index (χ0v) is 7.79. The van der Waals surface area contributed by atoms with Crippen LogP contribution in [0.25, 0.3) is 0 Å². The molecule has 1 aliphatic carbocycles. The molecular weight excluding hydrogens is 156 g/mol. The van der Waals surface area contributed by atoms with Gasteiger partial charge in [-0.2, -0.15) is 0 Å². The van der Waals surface area contributed by atoms with Crippen LogP contribution in [-0.2, 0) is 0 Å². The molecule has 2 rings (SSSR count). The van der Waals surface area contributed by atoms with Gasteiger partial charge in [0.15, 0.2) is 0 Å². The monoisotopic (exact) mass is 170 g/mol. The number of hydrogen-bond donors (Lipinski definition) is 0. The van der Waals surface area contributed by atoms with Crippen LogP contribution in [0.4, 0.5) is 0 Å². The van der Waals surface area contributed by atoms with Crippen molar-refractivity contribution in [3.63, 3.8) is 0 Å². The van der Waals surface area contributed by atoms with Crippen LogP contribution in [0.15, 0.2) is 30.3 Å². The van der Waals surface area contributed by atoms with Crippen molar-refractivity contribution in [1.82, 2.24) is 0 Å². The molecule has 0 amide bonds. The van der Waals surface area contributed by atoms with E-state index in [-0.39, 0.29) is 0 Å². The van der Waals surface area contributed by atoms with E-state index < -0.39 is 0 Å². The van der Waals surface area contributed by atoms with Crippen molar-refractivity contribution in [2.45, 2.75) is 31.6 Å². The van der Waals surface area contributed by atoms with Crippen LogP contribution >= 0.6 is 0 Å². The van der Waals surface area contributed by atoms with Gasteiger partial charge in [0.05, 0.1) is 0 Å². The number of hydrogen-bond acceptors (Lipinski definition) is 0. The van der Waals surface area contributed by atoms with E-state index in [9.17, 15) is 0 Å². The fourth-order valence-electron chi connectivity index (χ4n) is 1.76. The van der Waals surface area contributed by atoms with Crippen LogP contribution in [0, 0.1) is 11.8 Å². The van der Waals surface area contributed by atoms with Gasteiger partial charge in [0.25, 0.3) is 0 Å². The maximum atomic E-state index is 3.35. The van der Waals surface area contributed by atoms with E-state index in [2.05, 4.69) is 42.2 Å². The summed E-state index contributed by atoms with van der Waals surface area (Å²) in [5, 5.41) is 0. The summed E-state index contributed by atoms with van der Waals surface area (Å²) in [5.74, 6) is 7.08. The molecule has 1 atom stereocenters. The molecule has 66 valence electrons. The second kappa shape index (κ2) is 4.14. The Hall–Kier alpha value is -1.22. The fourth-order valence-corrected chi connectivity index (χ4v) is 1.76. The molecule has 0 aromatic heterocycles. The molecular formula is C13H14. The van der Waals surface area contributed by atoms with Gasteiger partial charge in [-0.1, -0.05) is 42.7 Å². The van der Waals surface area contributed by atoms with E-state index in [1.807, 2.05) is 0 Å². The second-order valence-electron chi connectivity index (χ2n) is 3.53. The minimum absolute atomic E-state index is 0.490. The third-order valence-corrected chi connectivity index (χ3v) is 2.52. The Kier molecular flexibility index (Phi) is 2.67. The van der Waals surface area contributed by atoms with E-state index >= 15 is 0 Å². The lowest BCUT2D eigenvalue weighted by Crippen LogP contribution is -1.93. The molecule has 0 radical (unpaired) electrons. The molecule has 0 heteroatoms. The molecule has 1 aliphatic rings. The lowest BCUT2D eigenvalue weighted by Gasteiger charge is -2.08. The molecule has 13 heavy (non-hydrogen) atoms. The highest BCUT2D eigenvalue weighted by atomic mass is 14.1. The first kappa shape index (κ1) is 8.38. The minimum atomic E-state index is 0.490. The SMILES string of the molecule is C1#CC(c2ccccc2)CCCC1. The van der Waals surface area contributed by atoms with Gasteiger partial charge in [-0.15, -0.1) is 5.92 Å². The van der Waals surface area contributed by atoms with Gasteiger partial charge < -0.3 is 0 Å². The van der Waals surface area contributed by atoms with Crippen LogP contribution in [0.2, 0.25) is 0 Å². The average molecular weight is 170 g/mol. The van der Waals surface area contributed by atoms with E-state index in [0.717, 1.165) is 6.42 Å². The summed E-state index contributed by atoms with van der Waals surface area (Å²) in [4.78, 5) is 0. The standard InChI is InChI=1S/C13H14/c1-2-5-9-12(8-4-1)13-10-6-3-7-11-13/h3,6-7,10-12H,1-2,4,8H2. The molecule has 1 unspecified atom stereocenters. The molecule has 0 spiro atoms. The fraction of sp³-hybridized carbons (Fsp3) is 0.385. The first-order valence-corrected chi connectivity index (χ1v) is 5.00. The Morgan fingerprint density at radius 3 is 2.77 bits per heavy atom. The third-order valence-electron chi connectivity index (χ3n) is 2.52. The molecule has 0 bridgehead atoms. The average Bonchev–Trinajstić information content (AvgIpc) is 2.47. The van der Waals surface area contributed by atoms with E-state index in [4.69, 9.17) is 0 Å². The van der Waals surface area contributed by atoms with E-state index in [0.29, 0.717) is 5.92 Å². The molecule has 0 nitrogen and oxygen atoms in total. The highest BCUT2D eigenvalue weighted by Gasteiger charge is 2.08. The zero-order chi connectivity index (χ0) is 8.93. The highest BCUT2D eigenvalue weighted by molar-refractivity contribution is 5.28. The first-order valence-electron chi connectivity index (χ1n) is 5.00. The van der Waals surface area contributed by atoms with Gasteiger partial charge in [-0.05, 0) is 18.4 Å². The van der Waals surface area contributed by atoms with Gasteiger partial charge >= 0.3 is 0 Å². The Morgan fingerprint density at radius 2 is 1.92 bits per heavy atom. The molecule has 0 fully saturated rings. The van der Waals surface area contributed by atoms with E-state index in [1.54, 1.807) is 0 Å². The molecule has 1 aromatic carbocycles. The lowest BCUT2D eigenvalue weighted by molar-refractivity contribution is 0.670. The Morgan fingerprint density at radius 1 is 1.08 bits per heavy atom. The van der Waals surface area contributed by atoms with Crippen molar-refractivity contribution in [1.29, 1.82) is 0 Å². The third kappa shape index (κ3) is 2.12. The van der Waals surface area contributed by atoms with Crippen molar-refractivity contribution in [3.05, 3.63) is 35.9 Å². The van der Waals surface area contributed by atoms with Crippen LogP contribution in [0.3, 0.4) is 0 Å². The maximum absolute atomic E-state index is 3.35. The minimum Gasteiger partial charge on any atom is -0.103 e. The normalized spacial score (nSPS) is 21.4. The van der Waals surface area contributed by atoms with Gasteiger partial charge in [0, 0.05) is 12.3 Å². The maximum Gasteiger partial charge on any atom is 0.0452 e.